The number of carbonyl (C=O) groups is 1. The normalized spacial score (nSPS) is 12.6. The molecule has 0 heterocycles. The van der Waals surface area contributed by atoms with Gasteiger partial charge in [-0.05, 0) is 38.5 Å². The fourth-order valence-corrected chi connectivity index (χ4v) is 2.83. The quantitative estimate of drug-likeness (QED) is 0.177. The second kappa shape index (κ2) is 19.5. The Hall–Kier alpha value is -0.830. The highest BCUT2D eigenvalue weighted by molar-refractivity contribution is 5.69. The third-order valence-corrected chi connectivity index (χ3v) is 4.60. The summed E-state index contributed by atoms with van der Waals surface area (Å²) in [6.45, 7) is 4.10. The number of ether oxygens (including phenoxy) is 1. The van der Waals surface area contributed by atoms with Crippen molar-refractivity contribution in [2.45, 2.75) is 116 Å². The summed E-state index contributed by atoms with van der Waals surface area (Å²) in [5.41, 5.74) is 0. The molecule has 1 atom stereocenters. The third kappa shape index (κ3) is 17.8. The summed E-state index contributed by atoms with van der Waals surface area (Å²) in [5.74, 6) is -0.168. The Bertz CT molecular complexity index is 308. The van der Waals surface area contributed by atoms with E-state index in [1.54, 1.807) is 0 Å². The molecule has 0 amide bonds. The van der Waals surface area contributed by atoms with Gasteiger partial charge in [0.1, 0.15) is 6.10 Å². The number of aliphatic hydroxyl groups excluding tert-OH is 1. The largest absolute Gasteiger partial charge is 0.460 e. The van der Waals surface area contributed by atoms with E-state index in [4.69, 9.17) is 9.84 Å². The molecular weight excluding hydrogens is 312 g/mol. The van der Waals surface area contributed by atoms with Crippen molar-refractivity contribution in [3.8, 4) is 0 Å². The van der Waals surface area contributed by atoms with E-state index in [2.05, 4.69) is 19.1 Å². The van der Waals surface area contributed by atoms with Crippen LogP contribution in [-0.4, -0.2) is 23.8 Å². The summed E-state index contributed by atoms with van der Waals surface area (Å²) in [7, 11) is 0. The fraction of sp³-hybridized carbons (Fsp3) is 0.864. The minimum absolute atomic E-state index is 0.0748. The molecule has 148 valence electrons. The van der Waals surface area contributed by atoms with Crippen LogP contribution in [-0.2, 0) is 9.53 Å². The molecule has 1 N–H and O–H groups in total. The van der Waals surface area contributed by atoms with Gasteiger partial charge in [-0.1, -0.05) is 77.4 Å². The molecule has 3 nitrogen and oxygen atoms in total. The monoisotopic (exact) mass is 354 g/mol. The highest BCUT2D eigenvalue weighted by Crippen LogP contribution is 2.10. The van der Waals surface area contributed by atoms with Gasteiger partial charge in [0.15, 0.2) is 0 Å². The zero-order valence-corrected chi connectivity index (χ0v) is 16.8. The maximum Gasteiger partial charge on any atom is 0.306 e. The molecular formula is C22H42O3. The molecule has 0 aliphatic carbocycles. The van der Waals surface area contributed by atoms with Gasteiger partial charge >= 0.3 is 5.97 Å². The van der Waals surface area contributed by atoms with E-state index in [0.29, 0.717) is 12.8 Å². The predicted molar refractivity (Wildman–Crippen MR) is 107 cm³/mol. The number of aliphatic hydroxyl groups is 1. The molecule has 0 radical (unpaired) electrons. The number of carbonyl (C=O) groups excluding carboxylic acids is 1. The molecule has 0 aromatic rings. The molecule has 3 heteroatoms. The van der Waals surface area contributed by atoms with Crippen LogP contribution < -0.4 is 0 Å². The Labute approximate surface area is 156 Å². The second-order valence-electron chi connectivity index (χ2n) is 7.04. The molecule has 0 aliphatic heterocycles. The molecule has 0 saturated carbocycles. The van der Waals surface area contributed by atoms with Crippen molar-refractivity contribution in [3.63, 3.8) is 0 Å². The lowest BCUT2D eigenvalue weighted by molar-refractivity contribution is -0.151. The Morgan fingerprint density at radius 2 is 1.36 bits per heavy atom. The van der Waals surface area contributed by atoms with Crippen LogP contribution in [0.25, 0.3) is 0 Å². The maximum absolute atomic E-state index is 11.6. The van der Waals surface area contributed by atoms with Crippen molar-refractivity contribution in [2.24, 2.45) is 0 Å². The molecule has 0 aliphatic rings. The number of hydrogen-bond acceptors (Lipinski definition) is 3. The van der Waals surface area contributed by atoms with Gasteiger partial charge in [-0.15, -0.1) is 0 Å². The Kier molecular flexibility index (Phi) is 18.8. The van der Waals surface area contributed by atoms with E-state index in [-0.39, 0.29) is 18.7 Å². The van der Waals surface area contributed by atoms with Crippen molar-refractivity contribution < 1.29 is 14.6 Å². The lowest BCUT2D eigenvalue weighted by Crippen LogP contribution is -2.20. The minimum atomic E-state index is -0.323. The molecule has 1 unspecified atom stereocenters. The SMILES string of the molecule is CCCCCCCC/C=C/CCCCCCCC(=O)OC(CC)CO. The number of allylic oxidation sites excluding steroid dienone is 2. The zero-order valence-electron chi connectivity index (χ0n) is 16.8. The topological polar surface area (TPSA) is 46.5 Å². The van der Waals surface area contributed by atoms with Crippen molar-refractivity contribution in [2.75, 3.05) is 6.61 Å². The van der Waals surface area contributed by atoms with Gasteiger partial charge in [0.25, 0.3) is 0 Å². The van der Waals surface area contributed by atoms with Crippen LogP contribution in [0.1, 0.15) is 110 Å². The predicted octanol–water partition coefficient (Wildman–Crippen LogP) is 6.34. The number of esters is 1. The summed E-state index contributed by atoms with van der Waals surface area (Å²) in [6, 6.07) is 0. The highest BCUT2D eigenvalue weighted by atomic mass is 16.5. The van der Waals surface area contributed by atoms with Crippen molar-refractivity contribution in [1.82, 2.24) is 0 Å². The highest BCUT2D eigenvalue weighted by Gasteiger charge is 2.10. The van der Waals surface area contributed by atoms with Crippen LogP contribution in [0, 0.1) is 0 Å². The first-order valence-electron chi connectivity index (χ1n) is 10.7. The van der Waals surface area contributed by atoms with Crippen LogP contribution in [0.15, 0.2) is 12.2 Å². The summed E-state index contributed by atoms with van der Waals surface area (Å²) in [5, 5.41) is 9.00. The van der Waals surface area contributed by atoms with Gasteiger partial charge < -0.3 is 9.84 Å². The Morgan fingerprint density at radius 3 is 1.88 bits per heavy atom. The van der Waals surface area contributed by atoms with Crippen LogP contribution in [0.3, 0.4) is 0 Å². The Balaban J connectivity index is 3.28. The van der Waals surface area contributed by atoms with Gasteiger partial charge in [-0.2, -0.15) is 0 Å². The van der Waals surface area contributed by atoms with Crippen LogP contribution >= 0.6 is 0 Å². The lowest BCUT2D eigenvalue weighted by Gasteiger charge is -2.12. The first-order chi connectivity index (χ1) is 12.2. The smallest absolute Gasteiger partial charge is 0.306 e. The fourth-order valence-electron chi connectivity index (χ4n) is 2.83. The minimum Gasteiger partial charge on any atom is -0.460 e. The lowest BCUT2D eigenvalue weighted by atomic mass is 10.1. The molecule has 0 spiro atoms. The molecule has 0 fully saturated rings. The average molecular weight is 355 g/mol. The average Bonchev–Trinajstić information content (AvgIpc) is 2.62. The first-order valence-corrected chi connectivity index (χ1v) is 10.7. The Morgan fingerprint density at radius 1 is 0.840 bits per heavy atom. The number of hydrogen-bond donors (Lipinski definition) is 1. The van der Waals surface area contributed by atoms with Crippen LogP contribution in [0.4, 0.5) is 0 Å². The summed E-state index contributed by atoms with van der Waals surface area (Å²) in [6.07, 6.45) is 21.8. The van der Waals surface area contributed by atoms with Gasteiger partial charge in [0, 0.05) is 6.42 Å². The van der Waals surface area contributed by atoms with E-state index in [0.717, 1.165) is 12.8 Å². The van der Waals surface area contributed by atoms with Crippen LogP contribution in [0.5, 0.6) is 0 Å². The van der Waals surface area contributed by atoms with E-state index in [1.165, 1.54) is 70.6 Å². The molecule has 0 rings (SSSR count). The maximum atomic E-state index is 11.6. The van der Waals surface area contributed by atoms with Crippen molar-refractivity contribution in [3.05, 3.63) is 12.2 Å². The second-order valence-corrected chi connectivity index (χ2v) is 7.04. The third-order valence-electron chi connectivity index (χ3n) is 4.60. The first kappa shape index (κ1) is 24.2. The van der Waals surface area contributed by atoms with Gasteiger partial charge in [-0.3, -0.25) is 4.79 Å². The van der Waals surface area contributed by atoms with Crippen molar-refractivity contribution in [1.29, 1.82) is 0 Å². The molecule has 0 aromatic carbocycles. The number of unbranched alkanes of at least 4 members (excludes halogenated alkanes) is 11. The van der Waals surface area contributed by atoms with E-state index in [1.807, 2.05) is 6.92 Å². The van der Waals surface area contributed by atoms with Crippen LogP contribution in [0.2, 0.25) is 0 Å². The molecule has 0 saturated heterocycles. The molecule has 0 aromatic heterocycles. The van der Waals surface area contributed by atoms with E-state index >= 15 is 0 Å². The zero-order chi connectivity index (χ0) is 18.6. The summed E-state index contributed by atoms with van der Waals surface area (Å²) < 4.78 is 5.17. The summed E-state index contributed by atoms with van der Waals surface area (Å²) in [4.78, 5) is 11.6. The van der Waals surface area contributed by atoms with E-state index in [9.17, 15) is 4.79 Å². The van der Waals surface area contributed by atoms with Gasteiger partial charge in [-0.25, -0.2) is 0 Å². The number of rotatable bonds is 18. The summed E-state index contributed by atoms with van der Waals surface area (Å²) >= 11 is 0. The van der Waals surface area contributed by atoms with Gasteiger partial charge in [0.05, 0.1) is 6.61 Å². The molecule has 25 heavy (non-hydrogen) atoms. The van der Waals surface area contributed by atoms with Gasteiger partial charge in [0.2, 0.25) is 0 Å². The molecule has 0 bridgehead atoms. The van der Waals surface area contributed by atoms with E-state index < -0.39 is 0 Å². The standard InChI is InChI=1S/C22H42O3/c1-3-5-6-7-8-9-10-11-12-13-14-15-16-17-18-19-22(24)25-21(4-2)20-23/h11-12,21,23H,3-10,13-20H2,1-2H3/b12-11+. The van der Waals surface area contributed by atoms with Crippen molar-refractivity contribution >= 4 is 5.97 Å².